The van der Waals surface area contributed by atoms with Crippen molar-refractivity contribution in [3.63, 3.8) is 0 Å². The molecule has 0 amide bonds. The molecule has 0 aromatic heterocycles. The lowest BCUT2D eigenvalue weighted by atomic mass is 9.66. The normalized spacial score (nSPS) is 23.7. The first kappa shape index (κ1) is 16.4. The zero-order chi connectivity index (χ0) is 16.6. The molecule has 0 radical (unpaired) electrons. The summed E-state index contributed by atoms with van der Waals surface area (Å²) >= 11 is 6.35. The number of phenols is 1. The lowest BCUT2D eigenvalue weighted by molar-refractivity contribution is 0.168. The number of hydrogen-bond acceptors (Lipinski definition) is 1. The highest BCUT2D eigenvalue weighted by Crippen LogP contribution is 2.48. The summed E-state index contributed by atoms with van der Waals surface area (Å²) in [6.07, 6.45) is 3.65. The molecule has 3 rings (SSSR count). The number of rotatable bonds is 2. The Balaban J connectivity index is 2.02. The van der Waals surface area contributed by atoms with Crippen LogP contribution in [0.1, 0.15) is 51.5 Å². The zero-order valence-electron chi connectivity index (χ0n) is 14.1. The molecule has 0 spiro atoms. The fourth-order valence-electron chi connectivity index (χ4n) is 4.29. The van der Waals surface area contributed by atoms with Crippen molar-refractivity contribution in [2.24, 2.45) is 11.3 Å². The molecule has 23 heavy (non-hydrogen) atoms. The molecule has 0 aliphatic heterocycles. The number of halogens is 1. The summed E-state index contributed by atoms with van der Waals surface area (Å²) in [6.45, 7) is 7.06. The number of benzene rings is 2. The van der Waals surface area contributed by atoms with Crippen LogP contribution in [0.4, 0.5) is 0 Å². The first-order valence-electron chi connectivity index (χ1n) is 8.43. The molecule has 0 heterocycles. The number of hydrogen-bond donors (Lipinski definition) is 1. The van der Waals surface area contributed by atoms with Crippen molar-refractivity contribution >= 4 is 11.6 Å². The highest BCUT2D eigenvalue weighted by Gasteiger charge is 2.33. The van der Waals surface area contributed by atoms with Crippen molar-refractivity contribution < 1.29 is 5.11 Å². The summed E-state index contributed by atoms with van der Waals surface area (Å²) in [5, 5.41) is 10.9. The molecule has 2 heteroatoms. The Morgan fingerprint density at radius 2 is 1.78 bits per heavy atom. The SMILES string of the molecule is CC1CC(c2cc(Cl)c(O)c(-c3ccccc3)c2)CC(C)(C)C1. The van der Waals surface area contributed by atoms with Gasteiger partial charge in [0.25, 0.3) is 0 Å². The molecule has 2 aromatic carbocycles. The Bertz CT molecular complexity index is 690. The van der Waals surface area contributed by atoms with Gasteiger partial charge in [-0.25, -0.2) is 0 Å². The van der Waals surface area contributed by atoms with Crippen molar-refractivity contribution in [3.8, 4) is 16.9 Å². The Labute approximate surface area is 144 Å². The monoisotopic (exact) mass is 328 g/mol. The molecule has 122 valence electrons. The van der Waals surface area contributed by atoms with E-state index in [2.05, 4.69) is 26.8 Å². The Morgan fingerprint density at radius 1 is 1.09 bits per heavy atom. The second-order valence-corrected chi connectivity index (χ2v) is 8.28. The van der Waals surface area contributed by atoms with Crippen molar-refractivity contribution in [2.75, 3.05) is 0 Å². The van der Waals surface area contributed by atoms with Crippen LogP contribution in [0.5, 0.6) is 5.75 Å². The van der Waals surface area contributed by atoms with Gasteiger partial charge in [-0.15, -0.1) is 0 Å². The largest absolute Gasteiger partial charge is 0.506 e. The first-order chi connectivity index (χ1) is 10.9. The van der Waals surface area contributed by atoms with Crippen LogP contribution in [0.25, 0.3) is 11.1 Å². The average Bonchev–Trinajstić information content (AvgIpc) is 2.48. The van der Waals surface area contributed by atoms with Crippen molar-refractivity contribution in [3.05, 3.63) is 53.1 Å². The van der Waals surface area contributed by atoms with Crippen LogP contribution in [0.3, 0.4) is 0 Å². The van der Waals surface area contributed by atoms with E-state index in [1.54, 1.807) is 0 Å². The van der Waals surface area contributed by atoms with Crippen LogP contribution in [0, 0.1) is 11.3 Å². The molecule has 2 unspecified atom stereocenters. The van der Waals surface area contributed by atoms with Gasteiger partial charge in [0.2, 0.25) is 0 Å². The summed E-state index contributed by atoms with van der Waals surface area (Å²) in [5.74, 6) is 1.41. The number of phenolic OH excluding ortho intramolecular Hbond substituents is 1. The summed E-state index contributed by atoms with van der Waals surface area (Å²) in [5.41, 5.74) is 3.46. The van der Waals surface area contributed by atoms with Crippen LogP contribution in [-0.2, 0) is 0 Å². The van der Waals surface area contributed by atoms with Gasteiger partial charge in [0, 0.05) is 5.56 Å². The van der Waals surface area contributed by atoms with Crippen LogP contribution in [0.2, 0.25) is 5.02 Å². The maximum absolute atomic E-state index is 10.4. The molecule has 2 atom stereocenters. The van der Waals surface area contributed by atoms with Gasteiger partial charge in [-0.05, 0) is 59.8 Å². The Morgan fingerprint density at radius 3 is 2.43 bits per heavy atom. The van der Waals surface area contributed by atoms with Crippen LogP contribution < -0.4 is 0 Å². The van der Waals surface area contributed by atoms with Crippen LogP contribution >= 0.6 is 11.6 Å². The standard InChI is InChI=1S/C21H25ClO/c1-14-9-17(13-21(2,3)12-14)16-10-18(20(23)19(22)11-16)15-7-5-4-6-8-15/h4-8,10-11,14,17,23H,9,12-13H2,1-3H3. The molecule has 1 aliphatic rings. The number of aromatic hydroxyl groups is 1. The first-order valence-corrected chi connectivity index (χ1v) is 8.81. The quantitative estimate of drug-likeness (QED) is 0.654. The Kier molecular flexibility index (Phi) is 4.42. The predicted molar refractivity (Wildman–Crippen MR) is 98.1 cm³/mol. The average molecular weight is 329 g/mol. The van der Waals surface area contributed by atoms with Gasteiger partial charge in [0.15, 0.2) is 0 Å². The molecule has 1 fully saturated rings. The molecular formula is C21H25ClO. The fraction of sp³-hybridized carbons (Fsp3) is 0.429. The van der Waals surface area contributed by atoms with Gasteiger partial charge in [-0.1, -0.05) is 62.7 Å². The minimum atomic E-state index is 0.185. The van der Waals surface area contributed by atoms with Crippen molar-refractivity contribution in [2.45, 2.75) is 46.0 Å². The van der Waals surface area contributed by atoms with Gasteiger partial charge in [-0.2, -0.15) is 0 Å². The van der Waals surface area contributed by atoms with E-state index >= 15 is 0 Å². The zero-order valence-corrected chi connectivity index (χ0v) is 14.9. The second kappa shape index (κ2) is 6.20. The van der Waals surface area contributed by atoms with Crippen molar-refractivity contribution in [1.82, 2.24) is 0 Å². The second-order valence-electron chi connectivity index (χ2n) is 7.88. The van der Waals surface area contributed by atoms with Crippen molar-refractivity contribution in [1.29, 1.82) is 0 Å². The van der Waals surface area contributed by atoms with Crippen LogP contribution in [0.15, 0.2) is 42.5 Å². The van der Waals surface area contributed by atoms with E-state index in [-0.39, 0.29) is 5.75 Å². The van der Waals surface area contributed by atoms with E-state index in [4.69, 9.17) is 11.6 Å². The molecule has 2 aromatic rings. The molecule has 0 bridgehead atoms. The third kappa shape index (κ3) is 3.55. The third-order valence-corrected chi connectivity index (χ3v) is 5.32. The molecule has 1 aliphatic carbocycles. The Hall–Kier alpha value is -1.47. The van der Waals surface area contributed by atoms with Gasteiger partial charge in [0.1, 0.15) is 5.75 Å². The van der Waals surface area contributed by atoms with E-state index in [9.17, 15) is 5.11 Å². The molecule has 1 N–H and O–H groups in total. The smallest absolute Gasteiger partial charge is 0.142 e. The van der Waals surface area contributed by atoms with E-state index in [0.29, 0.717) is 16.4 Å². The molecular weight excluding hydrogens is 304 g/mol. The van der Waals surface area contributed by atoms with E-state index in [1.165, 1.54) is 24.8 Å². The molecule has 1 nitrogen and oxygen atoms in total. The third-order valence-electron chi connectivity index (χ3n) is 5.03. The lowest BCUT2D eigenvalue weighted by Crippen LogP contribution is -2.26. The summed E-state index contributed by atoms with van der Waals surface area (Å²) < 4.78 is 0. The topological polar surface area (TPSA) is 20.2 Å². The van der Waals surface area contributed by atoms with E-state index in [1.807, 2.05) is 36.4 Å². The maximum Gasteiger partial charge on any atom is 0.142 e. The van der Waals surface area contributed by atoms with Gasteiger partial charge in [0.05, 0.1) is 5.02 Å². The predicted octanol–water partition coefficient (Wildman–Crippen LogP) is 6.64. The highest BCUT2D eigenvalue weighted by molar-refractivity contribution is 6.32. The minimum Gasteiger partial charge on any atom is -0.506 e. The minimum absolute atomic E-state index is 0.185. The summed E-state index contributed by atoms with van der Waals surface area (Å²) in [4.78, 5) is 0. The van der Waals surface area contributed by atoms with E-state index in [0.717, 1.165) is 17.0 Å². The van der Waals surface area contributed by atoms with Gasteiger partial charge in [-0.3, -0.25) is 0 Å². The molecule has 1 saturated carbocycles. The fourth-order valence-corrected chi connectivity index (χ4v) is 4.52. The summed E-state index contributed by atoms with van der Waals surface area (Å²) in [7, 11) is 0. The maximum atomic E-state index is 10.4. The lowest BCUT2D eigenvalue weighted by Gasteiger charge is -2.39. The van der Waals surface area contributed by atoms with Gasteiger partial charge < -0.3 is 5.11 Å². The highest BCUT2D eigenvalue weighted by atomic mass is 35.5. The van der Waals surface area contributed by atoms with Crippen LogP contribution in [-0.4, -0.2) is 5.11 Å². The van der Waals surface area contributed by atoms with Gasteiger partial charge >= 0.3 is 0 Å². The molecule has 0 saturated heterocycles. The van der Waals surface area contributed by atoms with E-state index < -0.39 is 0 Å². The summed E-state index contributed by atoms with van der Waals surface area (Å²) in [6, 6.07) is 14.1.